The van der Waals surface area contributed by atoms with Crippen LogP contribution < -0.4 is 4.74 Å². The molecule has 0 saturated heterocycles. The Balaban J connectivity index is 2.53. The normalized spacial score (nSPS) is 9.73. The van der Waals surface area contributed by atoms with Gasteiger partial charge in [-0.15, -0.1) is 0 Å². The van der Waals surface area contributed by atoms with Gasteiger partial charge >= 0.3 is 5.97 Å². The highest BCUT2D eigenvalue weighted by atomic mass is 16.5. The number of hydrogen-bond acceptors (Lipinski definition) is 3. The van der Waals surface area contributed by atoms with Crippen LogP contribution in [0.4, 0.5) is 0 Å². The van der Waals surface area contributed by atoms with Gasteiger partial charge in [0.15, 0.2) is 0 Å². The van der Waals surface area contributed by atoms with Crippen LogP contribution >= 0.6 is 0 Å². The summed E-state index contributed by atoms with van der Waals surface area (Å²) in [6, 6.07) is 7.52. The van der Waals surface area contributed by atoms with Crippen molar-refractivity contribution >= 4 is 5.97 Å². The third-order valence-electron chi connectivity index (χ3n) is 2.04. The lowest BCUT2D eigenvalue weighted by Crippen LogP contribution is -2.04. The Bertz CT molecular complexity index is 320. The van der Waals surface area contributed by atoms with E-state index in [1.54, 1.807) is 7.11 Å². The number of benzene rings is 1. The summed E-state index contributed by atoms with van der Waals surface area (Å²) in [5.74, 6) is 0.588. The first kappa shape index (κ1) is 11.6. The summed E-state index contributed by atoms with van der Waals surface area (Å²) in [5.41, 5.74) is 0.893. The number of esters is 1. The minimum absolute atomic E-state index is 0.164. The maximum atomic E-state index is 11.2. The number of rotatable bonds is 5. The van der Waals surface area contributed by atoms with Gasteiger partial charge in [-0.1, -0.05) is 25.1 Å². The summed E-state index contributed by atoms with van der Waals surface area (Å²) in [5, 5.41) is 0. The quantitative estimate of drug-likeness (QED) is 0.697. The van der Waals surface area contributed by atoms with Gasteiger partial charge in [-0.05, 0) is 12.5 Å². The van der Waals surface area contributed by atoms with Crippen LogP contribution in [-0.4, -0.2) is 13.1 Å². The van der Waals surface area contributed by atoms with Gasteiger partial charge < -0.3 is 9.47 Å². The average molecular weight is 208 g/mol. The highest BCUT2D eigenvalue weighted by molar-refractivity contribution is 5.69. The molecule has 0 fully saturated rings. The van der Waals surface area contributed by atoms with Crippen molar-refractivity contribution in [2.45, 2.75) is 26.4 Å². The van der Waals surface area contributed by atoms with Crippen molar-refractivity contribution in [3.8, 4) is 5.75 Å². The molecular formula is C12H16O3. The molecule has 82 valence electrons. The molecule has 3 heteroatoms. The Labute approximate surface area is 90.0 Å². The molecule has 3 nitrogen and oxygen atoms in total. The van der Waals surface area contributed by atoms with E-state index in [4.69, 9.17) is 9.47 Å². The molecule has 1 rings (SSSR count). The Morgan fingerprint density at radius 2 is 2.07 bits per heavy atom. The molecule has 0 aliphatic heterocycles. The molecular weight excluding hydrogens is 192 g/mol. The van der Waals surface area contributed by atoms with Crippen molar-refractivity contribution in [3.63, 3.8) is 0 Å². The molecule has 0 amide bonds. The van der Waals surface area contributed by atoms with Crippen LogP contribution in [0.5, 0.6) is 5.75 Å². The van der Waals surface area contributed by atoms with Crippen molar-refractivity contribution < 1.29 is 14.3 Å². The first-order chi connectivity index (χ1) is 7.27. The van der Waals surface area contributed by atoms with E-state index in [9.17, 15) is 4.79 Å². The van der Waals surface area contributed by atoms with Crippen molar-refractivity contribution in [1.29, 1.82) is 0 Å². The number of hydrogen-bond donors (Lipinski definition) is 0. The van der Waals surface area contributed by atoms with E-state index in [0.717, 1.165) is 17.7 Å². The fourth-order valence-corrected chi connectivity index (χ4v) is 1.26. The van der Waals surface area contributed by atoms with Crippen molar-refractivity contribution in [2.75, 3.05) is 7.11 Å². The molecule has 0 aromatic heterocycles. The zero-order valence-corrected chi connectivity index (χ0v) is 9.16. The lowest BCUT2D eigenvalue weighted by molar-refractivity contribution is -0.145. The third kappa shape index (κ3) is 3.62. The Hall–Kier alpha value is -1.51. The van der Waals surface area contributed by atoms with E-state index in [-0.39, 0.29) is 12.6 Å². The van der Waals surface area contributed by atoms with Crippen LogP contribution in [0.1, 0.15) is 25.3 Å². The molecule has 0 atom stereocenters. The van der Waals surface area contributed by atoms with Gasteiger partial charge in [0.05, 0.1) is 7.11 Å². The van der Waals surface area contributed by atoms with Crippen molar-refractivity contribution in [2.24, 2.45) is 0 Å². The summed E-state index contributed by atoms with van der Waals surface area (Å²) in [6.45, 7) is 2.23. The lowest BCUT2D eigenvalue weighted by atomic mass is 10.2. The van der Waals surface area contributed by atoms with Gasteiger partial charge in [-0.25, -0.2) is 0 Å². The largest absolute Gasteiger partial charge is 0.496 e. The first-order valence-electron chi connectivity index (χ1n) is 5.05. The van der Waals surface area contributed by atoms with Gasteiger partial charge in [0.1, 0.15) is 12.4 Å². The molecule has 0 heterocycles. The predicted octanol–water partition coefficient (Wildman–Crippen LogP) is 2.54. The van der Waals surface area contributed by atoms with Crippen LogP contribution in [-0.2, 0) is 16.1 Å². The minimum Gasteiger partial charge on any atom is -0.496 e. The molecule has 15 heavy (non-hydrogen) atoms. The van der Waals surface area contributed by atoms with E-state index >= 15 is 0 Å². The van der Waals surface area contributed by atoms with E-state index in [2.05, 4.69) is 0 Å². The smallest absolute Gasteiger partial charge is 0.306 e. The second-order valence-corrected chi connectivity index (χ2v) is 3.22. The first-order valence-corrected chi connectivity index (χ1v) is 5.05. The molecule has 0 aliphatic rings. The summed E-state index contributed by atoms with van der Waals surface area (Å²) in [6.07, 6.45) is 1.28. The molecule has 0 N–H and O–H groups in total. The van der Waals surface area contributed by atoms with Gasteiger partial charge in [0.25, 0.3) is 0 Å². The zero-order valence-electron chi connectivity index (χ0n) is 9.16. The molecule has 0 aliphatic carbocycles. The fourth-order valence-electron chi connectivity index (χ4n) is 1.26. The molecule has 1 aromatic carbocycles. The van der Waals surface area contributed by atoms with Gasteiger partial charge in [-0.3, -0.25) is 4.79 Å². The SMILES string of the molecule is CCCC(=O)OCc1ccccc1OC. The number of methoxy groups -OCH3 is 1. The standard InChI is InChI=1S/C12H16O3/c1-3-6-12(13)15-9-10-7-4-5-8-11(10)14-2/h4-5,7-8H,3,6,9H2,1-2H3. The highest BCUT2D eigenvalue weighted by Gasteiger charge is 2.05. The molecule has 0 bridgehead atoms. The van der Waals surface area contributed by atoms with Crippen LogP contribution in [0.25, 0.3) is 0 Å². The predicted molar refractivity (Wildman–Crippen MR) is 57.7 cm³/mol. The number of carbonyl (C=O) groups is 1. The zero-order chi connectivity index (χ0) is 11.1. The summed E-state index contributed by atoms with van der Waals surface area (Å²) < 4.78 is 10.2. The molecule has 0 radical (unpaired) electrons. The second kappa shape index (κ2) is 6.06. The summed E-state index contributed by atoms with van der Waals surface area (Å²) >= 11 is 0. The van der Waals surface area contributed by atoms with Gasteiger partial charge in [0, 0.05) is 12.0 Å². The van der Waals surface area contributed by atoms with Crippen LogP contribution in [0.2, 0.25) is 0 Å². The van der Waals surface area contributed by atoms with Crippen LogP contribution in [0, 0.1) is 0 Å². The molecule has 0 unspecified atom stereocenters. The van der Waals surface area contributed by atoms with Crippen LogP contribution in [0.3, 0.4) is 0 Å². The lowest BCUT2D eigenvalue weighted by Gasteiger charge is -2.08. The molecule has 1 aromatic rings. The van der Waals surface area contributed by atoms with E-state index in [1.165, 1.54) is 0 Å². The Kier molecular flexibility index (Phi) is 4.68. The van der Waals surface area contributed by atoms with Crippen molar-refractivity contribution in [3.05, 3.63) is 29.8 Å². The van der Waals surface area contributed by atoms with Crippen LogP contribution in [0.15, 0.2) is 24.3 Å². The van der Waals surface area contributed by atoms with E-state index < -0.39 is 0 Å². The molecule has 0 spiro atoms. The average Bonchev–Trinajstić information content (AvgIpc) is 2.27. The maximum absolute atomic E-state index is 11.2. The summed E-state index contributed by atoms with van der Waals surface area (Å²) in [4.78, 5) is 11.2. The second-order valence-electron chi connectivity index (χ2n) is 3.22. The third-order valence-corrected chi connectivity index (χ3v) is 2.04. The van der Waals surface area contributed by atoms with E-state index in [1.807, 2.05) is 31.2 Å². The minimum atomic E-state index is -0.164. The Morgan fingerprint density at radius 3 is 2.73 bits per heavy atom. The van der Waals surface area contributed by atoms with E-state index in [0.29, 0.717) is 6.42 Å². The van der Waals surface area contributed by atoms with Gasteiger partial charge in [0.2, 0.25) is 0 Å². The topological polar surface area (TPSA) is 35.5 Å². The maximum Gasteiger partial charge on any atom is 0.306 e. The number of carbonyl (C=O) groups excluding carboxylic acids is 1. The number of para-hydroxylation sites is 1. The summed E-state index contributed by atoms with van der Waals surface area (Å²) in [7, 11) is 1.60. The van der Waals surface area contributed by atoms with Crippen molar-refractivity contribution in [1.82, 2.24) is 0 Å². The number of ether oxygens (including phenoxy) is 2. The monoisotopic (exact) mass is 208 g/mol. The Morgan fingerprint density at radius 1 is 1.33 bits per heavy atom. The van der Waals surface area contributed by atoms with Gasteiger partial charge in [-0.2, -0.15) is 0 Å². The highest BCUT2D eigenvalue weighted by Crippen LogP contribution is 2.18. The molecule has 0 saturated carbocycles. The fraction of sp³-hybridized carbons (Fsp3) is 0.417.